The minimum atomic E-state index is -0.203. The predicted molar refractivity (Wildman–Crippen MR) is 91.1 cm³/mol. The fourth-order valence-corrected chi connectivity index (χ4v) is 2.69. The Morgan fingerprint density at radius 2 is 1.83 bits per heavy atom. The number of ether oxygens (including phenoxy) is 2. The molecule has 24 heavy (non-hydrogen) atoms. The number of piperazine rings is 1. The van der Waals surface area contributed by atoms with Gasteiger partial charge in [0.15, 0.2) is 11.5 Å². The molecule has 1 aromatic rings. The summed E-state index contributed by atoms with van der Waals surface area (Å²) >= 11 is 0. The molecule has 0 saturated carbocycles. The molecule has 1 fully saturated rings. The number of nitrogens with one attached hydrogen (secondary N) is 1. The van der Waals surface area contributed by atoms with E-state index in [9.17, 15) is 9.59 Å². The summed E-state index contributed by atoms with van der Waals surface area (Å²) in [5.41, 5.74) is 0.491. The van der Waals surface area contributed by atoms with Gasteiger partial charge in [0.2, 0.25) is 5.91 Å². The Morgan fingerprint density at radius 1 is 1.17 bits per heavy atom. The van der Waals surface area contributed by atoms with Crippen molar-refractivity contribution < 1.29 is 19.1 Å². The molecule has 0 radical (unpaired) electrons. The average molecular weight is 356 g/mol. The van der Waals surface area contributed by atoms with Crippen molar-refractivity contribution in [1.82, 2.24) is 15.1 Å². The van der Waals surface area contributed by atoms with Crippen LogP contribution in [0.3, 0.4) is 0 Å². The Hall–Kier alpha value is -1.99. The van der Waals surface area contributed by atoms with Crippen molar-refractivity contribution in [3.8, 4) is 11.5 Å². The van der Waals surface area contributed by atoms with Gasteiger partial charge in [-0.15, -0.1) is 12.4 Å². The number of carbonyl (C=O) groups excluding carboxylic acids is 2. The van der Waals surface area contributed by atoms with Crippen LogP contribution in [-0.4, -0.2) is 74.6 Å². The number of rotatable bonds is 3. The molecule has 0 spiro atoms. The third kappa shape index (κ3) is 4.10. The number of halogens is 1. The Kier molecular flexibility index (Phi) is 6.28. The van der Waals surface area contributed by atoms with Crippen molar-refractivity contribution in [2.24, 2.45) is 0 Å². The van der Waals surface area contributed by atoms with Gasteiger partial charge in [-0.3, -0.25) is 9.59 Å². The Bertz CT molecular complexity index is 605. The third-order valence-corrected chi connectivity index (χ3v) is 3.98. The molecule has 2 amide bonds. The first-order chi connectivity index (χ1) is 11.1. The van der Waals surface area contributed by atoms with Gasteiger partial charge in [-0.1, -0.05) is 0 Å². The smallest absolute Gasteiger partial charge is 0.254 e. The van der Waals surface area contributed by atoms with Gasteiger partial charge in [-0.2, -0.15) is 0 Å². The van der Waals surface area contributed by atoms with Gasteiger partial charge in [0.1, 0.15) is 13.2 Å². The molecule has 8 heteroatoms. The van der Waals surface area contributed by atoms with Crippen LogP contribution in [0.5, 0.6) is 11.5 Å². The molecule has 1 aromatic carbocycles. The summed E-state index contributed by atoms with van der Waals surface area (Å²) in [4.78, 5) is 28.0. The number of hydrogen-bond donors (Lipinski definition) is 1. The summed E-state index contributed by atoms with van der Waals surface area (Å²) in [6.07, 6.45) is 0. The summed E-state index contributed by atoms with van der Waals surface area (Å²) < 4.78 is 10.9. The lowest BCUT2D eigenvalue weighted by Gasteiger charge is -2.29. The number of carbonyl (C=O) groups is 2. The minimum Gasteiger partial charge on any atom is -0.486 e. The van der Waals surface area contributed by atoms with Crippen LogP contribution in [0.1, 0.15) is 10.4 Å². The lowest BCUT2D eigenvalue weighted by atomic mass is 10.1. The average Bonchev–Trinajstić information content (AvgIpc) is 2.61. The normalized spacial score (nSPS) is 16.1. The van der Waals surface area contributed by atoms with E-state index in [4.69, 9.17) is 9.47 Å². The SMILES string of the molecule is CN(CC(=O)N1CCNCC1)C(=O)c1ccc2c(c1)OCCO2.Cl. The topological polar surface area (TPSA) is 71.1 Å². The van der Waals surface area contributed by atoms with Gasteiger partial charge in [-0.05, 0) is 18.2 Å². The maximum Gasteiger partial charge on any atom is 0.254 e. The number of hydrogen-bond acceptors (Lipinski definition) is 5. The van der Waals surface area contributed by atoms with E-state index in [1.807, 2.05) is 0 Å². The monoisotopic (exact) mass is 355 g/mol. The van der Waals surface area contributed by atoms with Crippen LogP contribution in [0.15, 0.2) is 18.2 Å². The van der Waals surface area contributed by atoms with E-state index >= 15 is 0 Å². The van der Waals surface area contributed by atoms with Gasteiger partial charge < -0.3 is 24.6 Å². The fraction of sp³-hybridized carbons (Fsp3) is 0.500. The van der Waals surface area contributed by atoms with Gasteiger partial charge >= 0.3 is 0 Å². The number of nitrogens with zero attached hydrogens (tertiary/aromatic N) is 2. The first-order valence-electron chi connectivity index (χ1n) is 7.79. The zero-order chi connectivity index (χ0) is 16.2. The molecule has 2 aliphatic rings. The summed E-state index contributed by atoms with van der Waals surface area (Å²) in [6.45, 7) is 4.03. The first-order valence-corrected chi connectivity index (χ1v) is 7.79. The van der Waals surface area contributed by atoms with Crippen molar-refractivity contribution in [2.45, 2.75) is 0 Å². The van der Waals surface area contributed by atoms with E-state index in [1.54, 1.807) is 30.1 Å². The molecule has 7 nitrogen and oxygen atoms in total. The van der Waals surface area contributed by atoms with Crippen molar-refractivity contribution in [1.29, 1.82) is 0 Å². The van der Waals surface area contributed by atoms with Gasteiger partial charge in [0.25, 0.3) is 5.91 Å². The Morgan fingerprint density at radius 3 is 2.54 bits per heavy atom. The van der Waals surface area contributed by atoms with E-state index in [-0.39, 0.29) is 30.8 Å². The summed E-state index contributed by atoms with van der Waals surface area (Å²) in [5.74, 6) is 0.988. The second-order valence-corrected chi connectivity index (χ2v) is 5.65. The van der Waals surface area contributed by atoms with E-state index in [0.717, 1.165) is 13.1 Å². The van der Waals surface area contributed by atoms with E-state index in [2.05, 4.69) is 5.32 Å². The largest absolute Gasteiger partial charge is 0.486 e. The lowest BCUT2D eigenvalue weighted by molar-refractivity contribution is -0.132. The van der Waals surface area contributed by atoms with Crippen molar-refractivity contribution >= 4 is 24.2 Å². The van der Waals surface area contributed by atoms with Crippen LogP contribution in [0, 0.1) is 0 Å². The quantitative estimate of drug-likeness (QED) is 0.849. The highest BCUT2D eigenvalue weighted by molar-refractivity contribution is 5.97. The van der Waals surface area contributed by atoms with Crippen LogP contribution >= 0.6 is 12.4 Å². The number of amides is 2. The second kappa shape index (κ2) is 8.21. The number of likely N-dealkylation sites (N-methyl/N-ethyl adjacent to an activating group) is 1. The van der Waals surface area contributed by atoms with Crippen LogP contribution in [0.25, 0.3) is 0 Å². The van der Waals surface area contributed by atoms with Gasteiger partial charge in [0, 0.05) is 38.8 Å². The molecule has 2 heterocycles. The van der Waals surface area contributed by atoms with Crippen molar-refractivity contribution in [3.63, 3.8) is 0 Å². The summed E-state index contributed by atoms with van der Waals surface area (Å²) in [7, 11) is 1.64. The highest BCUT2D eigenvalue weighted by atomic mass is 35.5. The summed E-state index contributed by atoms with van der Waals surface area (Å²) in [5, 5.41) is 3.20. The van der Waals surface area contributed by atoms with Crippen LogP contribution in [-0.2, 0) is 4.79 Å². The zero-order valence-electron chi connectivity index (χ0n) is 13.6. The van der Waals surface area contributed by atoms with Gasteiger partial charge in [0.05, 0.1) is 6.54 Å². The fourth-order valence-electron chi connectivity index (χ4n) is 2.69. The van der Waals surface area contributed by atoms with E-state index in [1.165, 1.54) is 4.90 Å². The molecule has 0 aliphatic carbocycles. The minimum absolute atomic E-state index is 0. The van der Waals surface area contributed by atoms with Crippen LogP contribution in [0.4, 0.5) is 0 Å². The molecule has 3 rings (SSSR count). The lowest BCUT2D eigenvalue weighted by Crippen LogP contribution is -2.49. The predicted octanol–water partition coefficient (Wildman–Crippen LogP) is 0.383. The molecule has 0 bridgehead atoms. The molecule has 1 N–H and O–H groups in total. The summed E-state index contributed by atoms with van der Waals surface area (Å²) in [6, 6.07) is 5.10. The molecular formula is C16H22ClN3O4. The molecule has 0 aromatic heterocycles. The van der Waals surface area contributed by atoms with Crippen LogP contribution in [0.2, 0.25) is 0 Å². The first kappa shape index (κ1) is 18.4. The van der Waals surface area contributed by atoms with Crippen molar-refractivity contribution in [2.75, 3.05) is 53.0 Å². The van der Waals surface area contributed by atoms with Gasteiger partial charge in [-0.25, -0.2) is 0 Å². The van der Waals surface area contributed by atoms with Crippen LogP contribution < -0.4 is 14.8 Å². The van der Waals surface area contributed by atoms with E-state index < -0.39 is 0 Å². The maximum atomic E-state index is 12.5. The maximum absolute atomic E-state index is 12.5. The molecule has 1 saturated heterocycles. The zero-order valence-corrected chi connectivity index (χ0v) is 14.4. The van der Waals surface area contributed by atoms with Crippen molar-refractivity contribution in [3.05, 3.63) is 23.8 Å². The second-order valence-electron chi connectivity index (χ2n) is 5.65. The molecule has 2 aliphatic heterocycles. The highest BCUT2D eigenvalue weighted by Gasteiger charge is 2.22. The van der Waals surface area contributed by atoms with E-state index in [0.29, 0.717) is 43.4 Å². The Balaban J connectivity index is 0.00000208. The molecule has 132 valence electrons. The number of fused-ring (bicyclic) bond motifs is 1. The number of benzene rings is 1. The molecular weight excluding hydrogens is 334 g/mol. The standard InChI is InChI=1S/C16H21N3O4.ClH/c1-18(11-15(20)19-6-4-17-5-7-19)16(21)12-2-3-13-14(10-12)23-9-8-22-13;/h2-3,10,17H,4-9,11H2,1H3;1H. The Labute approximate surface area is 147 Å². The molecule has 0 unspecified atom stereocenters. The highest BCUT2D eigenvalue weighted by Crippen LogP contribution is 2.31. The molecule has 0 atom stereocenters. The third-order valence-electron chi connectivity index (χ3n) is 3.98.